The largest absolute Gasteiger partial charge is 0.381 e. The van der Waals surface area contributed by atoms with Crippen molar-refractivity contribution in [3.05, 3.63) is 0 Å². The highest BCUT2D eigenvalue weighted by molar-refractivity contribution is 8.00. The lowest BCUT2D eigenvalue weighted by Gasteiger charge is -2.36. The molecular formula is C10H19NOS. The van der Waals surface area contributed by atoms with Crippen LogP contribution < -0.4 is 5.32 Å². The van der Waals surface area contributed by atoms with Crippen molar-refractivity contribution in [2.24, 2.45) is 0 Å². The first-order valence-electron chi connectivity index (χ1n) is 5.18. The van der Waals surface area contributed by atoms with Crippen molar-refractivity contribution in [1.29, 1.82) is 0 Å². The highest BCUT2D eigenvalue weighted by atomic mass is 32.2. The number of thioether (sulfide) groups is 1. The van der Waals surface area contributed by atoms with E-state index < -0.39 is 0 Å². The van der Waals surface area contributed by atoms with Gasteiger partial charge in [-0.2, -0.15) is 11.8 Å². The molecule has 76 valence electrons. The molecule has 0 aromatic heterocycles. The molecule has 1 N–H and O–H groups in total. The van der Waals surface area contributed by atoms with E-state index in [0.29, 0.717) is 6.10 Å². The fraction of sp³-hybridized carbons (Fsp3) is 1.00. The van der Waals surface area contributed by atoms with Gasteiger partial charge in [-0.3, -0.25) is 0 Å². The summed E-state index contributed by atoms with van der Waals surface area (Å²) in [5.41, 5.74) is 0. The lowest BCUT2D eigenvalue weighted by Crippen LogP contribution is -2.49. The molecule has 2 unspecified atom stereocenters. The zero-order chi connectivity index (χ0) is 9.26. The Bertz CT molecular complexity index is 170. The second kappa shape index (κ2) is 4.20. The third kappa shape index (κ3) is 2.39. The van der Waals surface area contributed by atoms with Crippen molar-refractivity contribution in [3.8, 4) is 0 Å². The van der Waals surface area contributed by atoms with E-state index in [1.165, 1.54) is 25.0 Å². The quantitative estimate of drug-likeness (QED) is 0.750. The van der Waals surface area contributed by atoms with Crippen molar-refractivity contribution in [2.45, 2.75) is 49.6 Å². The highest BCUT2D eigenvalue weighted by Crippen LogP contribution is 2.29. The molecule has 0 spiro atoms. The van der Waals surface area contributed by atoms with E-state index in [1.807, 2.05) is 7.11 Å². The number of hydrogen-bond donors (Lipinski definition) is 1. The maximum atomic E-state index is 5.26. The molecule has 0 amide bonds. The molecule has 1 saturated carbocycles. The van der Waals surface area contributed by atoms with Crippen LogP contribution in [0.1, 0.15) is 26.2 Å². The summed E-state index contributed by atoms with van der Waals surface area (Å²) in [5, 5.41) is 4.57. The van der Waals surface area contributed by atoms with Gasteiger partial charge in [0.25, 0.3) is 0 Å². The molecular weight excluding hydrogens is 182 g/mol. The Morgan fingerprint density at radius 1 is 1.23 bits per heavy atom. The van der Waals surface area contributed by atoms with Gasteiger partial charge in [-0.15, -0.1) is 0 Å². The molecule has 2 fully saturated rings. The van der Waals surface area contributed by atoms with Gasteiger partial charge >= 0.3 is 0 Å². The van der Waals surface area contributed by atoms with Gasteiger partial charge < -0.3 is 10.1 Å². The van der Waals surface area contributed by atoms with E-state index in [1.54, 1.807) is 0 Å². The molecule has 0 radical (unpaired) electrons. The number of rotatable bonds is 3. The second-order valence-corrected chi connectivity index (χ2v) is 5.74. The van der Waals surface area contributed by atoms with E-state index in [9.17, 15) is 0 Å². The SMILES string of the molecule is COC1CC(NC2CSC(C)C2)C1. The van der Waals surface area contributed by atoms with Gasteiger partial charge in [0.05, 0.1) is 6.10 Å². The van der Waals surface area contributed by atoms with Crippen LogP contribution in [0, 0.1) is 0 Å². The average Bonchev–Trinajstić information content (AvgIpc) is 2.43. The summed E-state index contributed by atoms with van der Waals surface area (Å²) in [5.74, 6) is 1.30. The van der Waals surface area contributed by atoms with Gasteiger partial charge in [0.2, 0.25) is 0 Å². The van der Waals surface area contributed by atoms with Crippen LogP contribution in [0.4, 0.5) is 0 Å². The number of hydrogen-bond acceptors (Lipinski definition) is 3. The van der Waals surface area contributed by atoms with Gasteiger partial charge in [0, 0.05) is 30.2 Å². The van der Waals surface area contributed by atoms with Crippen LogP contribution >= 0.6 is 11.8 Å². The summed E-state index contributed by atoms with van der Waals surface area (Å²) in [7, 11) is 1.81. The van der Waals surface area contributed by atoms with Crippen LogP contribution in [0.3, 0.4) is 0 Å². The van der Waals surface area contributed by atoms with Crippen molar-refractivity contribution in [1.82, 2.24) is 5.32 Å². The van der Waals surface area contributed by atoms with Crippen LogP contribution in [0.25, 0.3) is 0 Å². The second-order valence-electron chi connectivity index (χ2n) is 4.27. The number of methoxy groups -OCH3 is 1. The summed E-state index contributed by atoms with van der Waals surface area (Å²) < 4.78 is 5.26. The molecule has 2 atom stereocenters. The van der Waals surface area contributed by atoms with Gasteiger partial charge in [-0.05, 0) is 19.3 Å². The van der Waals surface area contributed by atoms with Crippen LogP contribution in [0.2, 0.25) is 0 Å². The first kappa shape index (κ1) is 9.81. The first-order chi connectivity index (χ1) is 6.28. The predicted molar refractivity (Wildman–Crippen MR) is 57.3 cm³/mol. The van der Waals surface area contributed by atoms with Crippen LogP contribution in [0.5, 0.6) is 0 Å². The maximum Gasteiger partial charge on any atom is 0.0601 e. The van der Waals surface area contributed by atoms with Gasteiger partial charge in [-0.1, -0.05) is 6.92 Å². The molecule has 1 heterocycles. The molecule has 0 aromatic rings. The zero-order valence-corrected chi connectivity index (χ0v) is 9.27. The van der Waals surface area contributed by atoms with E-state index in [4.69, 9.17) is 4.74 Å². The molecule has 13 heavy (non-hydrogen) atoms. The average molecular weight is 201 g/mol. The fourth-order valence-electron chi connectivity index (χ4n) is 2.16. The summed E-state index contributed by atoms with van der Waals surface area (Å²) in [4.78, 5) is 0. The van der Waals surface area contributed by atoms with Crippen molar-refractivity contribution in [3.63, 3.8) is 0 Å². The Labute approximate surface area is 84.8 Å². The lowest BCUT2D eigenvalue weighted by atomic mass is 9.88. The van der Waals surface area contributed by atoms with Gasteiger partial charge in [0.1, 0.15) is 0 Å². The van der Waals surface area contributed by atoms with E-state index >= 15 is 0 Å². The van der Waals surface area contributed by atoms with Crippen LogP contribution in [-0.4, -0.2) is 36.3 Å². The molecule has 2 aliphatic rings. The van der Waals surface area contributed by atoms with Gasteiger partial charge in [-0.25, -0.2) is 0 Å². The fourth-order valence-corrected chi connectivity index (χ4v) is 3.32. The first-order valence-corrected chi connectivity index (χ1v) is 6.23. The zero-order valence-electron chi connectivity index (χ0n) is 8.45. The smallest absolute Gasteiger partial charge is 0.0601 e. The Kier molecular flexibility index (Phi) is 3.17. The van der Waals surface area contributed by atoms with Crippen LogP contribution in [0.15, 0.2) is 0 Å². The maximum absolute atomic E-state index is 5.26. The van der Waals surface area contributed by atoms with Gasteiger partial charge in [0.15, 0.2) is 0 Å². The number of nitrogens with one attached hydrogen (secondary N) is 1. The normalized spacial score (nSPS) is 44.8. The highest BCUT2D eigenvalue weighted by Gasteiger charge is 2.32. The van der Waals surface area contributed by atoms with E-state index in [2.05, 4.69) is 24.0 Å². The monoisotopic (exact) mass is 201 g/mol. The third-order valence-electron chi connectivity index (χ3n) is 3.10. The molecule has 0 aromatic carbocycles. The third-order valence-corrected chi connectivity index (χ3v) is 4.45. The summed E-state index contributed by atoms with van der Waals surface area (Å²) in [6.07, 6.45) is 4.31. The molecule has 0 bridgehead atoms. The van der Waals surface area contributed by atoms with E-state index in [0.717, 1.165) is 17.3 Å². The standard InChI is InChI=1S/C10H19NOS/c1-7-3-9(6-13-7)11-8-4-10(5-8)12-2/h7-11H,3-6H2,1-2H3. The topological polar surface area (TPSA) is 21.3 Å². The molecule has 2 rings (SSSR count). The van der Waals surface area contributed by atoms with E-state index in [-0.39, 0.29) is 0 Å². The lowest BCUT2D eigenvalue weighted by molar-refractivity contribution is 0.0149. The Balaban J connectivity index is 1.64. The summed E-state index contributed by atoms with van der Waals surface area (Å²) in [6, 6.07) is 1.50. The molecule has 2 nitrogen and oxygen atoms in total. The molecule has 1 aliphatic heterocycles. The number of ether oxygens (including phenoxy) is 1. The minimum Gasteiger partial charge on any atom is -0.381 e. The minimum absolute atomic E-state index is 0.531. The van der Waals surface area contributed by atoms with Crippen molar-refractivity contribution >= 4 is 11.8 Å². The van der Waals surface area contributed by atoms with Crippen molar-refractivity contribution < 1.29 is 4.74 Å². The predicted octanol–water partition coefficient (Wildman–Crippen LogP) is 1.65. The van der Waals surface area contributed by atoms with Crippen molar-refractivity contribution in [2.75, 3.05) is 12.9 Å². The van der Waals surface area contributed by atoms with Crippen LogP contribution in [-0.2, 0) is 4.74 Å². The Morgan fingerprint density at radius 3 is 2.54 bits per heavy atom. The molecule has 1 aliphatic carbocycles. The molecule has 1 saturated heterocycles. The Morgan fingerprint density at radius 2 is 2.00 bits per heavy atom. The Hall–Kier alpha value is 0.270. The molecule has 3 heteroatoms. The minimum atomic E-state index is 0.531. The summed E-state index contributed by atoms with van der Waals surface area (Å²) in [6.45, 7) is 2.32. The summed E-state index contributed by atoms with van der Waals surface area (Å²) >= 11 is 2.09.